The summed E-state index contributed by atoms with van der Waals surface area (Å²) in [7, 11) is 0. The number of fused-ring (bicyclic) bond motifs is 21. The van der Waals surface area contributed by atoms with Gasteiger partial charge in [0.1, 0.15) is 16.7 Å². The predicted octanol–water partition coefficient (Wildman–Crippen LogP) is 31.5. The van der Waals surface area contributed by atoms with Gasteiger partial charge in [0.05, 0.1) is 79.4 Å². The maximum Gasteiger partial charge on any atom is 0.164 e. The Morgan fingerprint density at radius 1 is 0.174 bits per heavy atom. The molecule has 19 aromatic carbocycles. The molecule has 0 atom stereocenters. The molecule has 28 rings (SSSR count). The number of furan rings is 3. The van der Waals surface area contributed by atoms with Gasteiger partial charge in [-0.25, -0.2) is 39.9 Å². The van der Waals surface area contributed by atoms with Crippen molar-refractivity contribution in [3.63, 3.8) is 0 Å². The van der Waals surface area contributed by atoms with E-state index in [4.69, 9.17) is 53.1 Å². The molecule has 0 radical (unpaired) electrons. The number of para-hydroxylation sites is 5. The molecule has 17 heteroatoms. The quantitative estimate of drug-likeness (QED) is 0.105. The molecule has 0 aliphatic rings. The third-order valence-corrected chi connectivity index (χ3v) is 26.8. The molecular weight excluding hydrogens is 1770 g/mol. The summed E-state index contributed by atoms with van der Waals surface area (Å²) in [5.41, 5.74) is 28.1. The van der Waals surface area contributed by atoms with Crippen LogP contribution in [0, 0.1) is 34.0 Å². The first-order valence-corrected chi connectivity index (χ1v) is 47.2. The topological polar surface area (TPSA) is 229 Å². The van der Waals surface area contributed by atoms with E-state index in [2.05, 4.69) is 256 Å². The van der Waals surface area contributed by atoms with Crippen molar-refractivity contribution in [3.05, 3.63) is 466 Å². The molecule has 0 saturated heterocycles. The average Bonchev–Trinajstić information content (AvgIpc) is 1.57. The third kappa shape index (κ3) is 14.9. The van der Waals surface area contributed by atoms with E-state index in [1.165, 1.54) is 16.5 Å². The number of nitrogens with zero attached hydrogens (tertiary/aromatic N) is 14. The summed E-state index contributed by atoms with van der Waals surface area (Å²) in [6.45, 7) is 0. The molecule has 0 saturated carbocycles. The van der Waals surface area contributed by atoms with Gasteiger partial charge in [0.15, 0.2) is 57.5 Å². The molecule has 0 spiro atoms. The van der Waals surface area contributed by atoms with Crippen LogP contribution in [0.5, 0.6) is 0 Å². The predicted molar refractivity (Wildman–Crippen MR) is 575 cm³/mol. The van der Waals surface area contributed by atoms with E-state index in [1.54, 1.807) is 30.3 Å². The second-order valence-electron chi connectivity index (χ2n) is 35.3. The van der Waals surface area contributed by atoms with Crippen LogP contribution in [0.25, 0.3) is 262 Å². The van der Waals surface area contributed by atoms with Gasteiger partial charge in [-0.05, 0) is 199 Å². The van der Waals surface area contributed by atoms with Crippen LogP contribution in [-0.4, -0.2) is 53.6 Å². The lowest BCUT2D eigenvalue weighted by atomic mass is 10.0. The minimum Gasteiger partial charge on any atom is -0.454 e. The summed E-state index contributed by atoms with van der Waals surface area (Å²) in [6.07, 6.45) is 0. The Morgan fingerprint density at radius 2 is 0.458 bits per heavy atom. The first-order valence-electron chi connectivity index (χ1n) is 47.2. The van der Waals surface area contributed by atoms with Crippen molar-refractivity contribution in [2.24, 2.45) is 0 Å². The van der Waals surface area contributed by atoms with Crippen molar-refractivity contribution in [2.75, 3.05) is 0 Å². The Kier molecular flexibility index (Phi) is 20.6. The van der Waals surface area contributed by atoms with Crippen molar-refractivity contribution in [1.82, 2.24) is 53.6 Å². The maximum absolute atomic E-state index is 9.58. The van der Waals surface area contributed by atoms with E-state index < -0.39 is 0 Å². The van der Waals surface area contributed by atoms with Gasteiger partial charge in [0.2, 0.25) is 0 Å². The molecule has 0 bridgehead atoms. The van der Waals surface area contributed by atoms with Crippen molar-refractivity contribution in [3.8, 4) is 149 Å². The van der Waals surface area contributed by atoms with Crippen LogP contribution in [0.15, 0.2) is 462 Å². The summed E-state index contributed by atoms with van der Waals surface area (Å²) in [5.74, 6) is 3.96. The smallest absolute Gasteiger partial charge is 0.164 e. The third-order valence-electron chi connectivity index (χ3n) is 26.8. The van der Waals surface area contributed by atoms with Gasteiger partial charge >= 0.3 is 0 Å². The summed E-state index contributed by atoms with van der Waals surface area (Å²) < 4.78 is 26.5. The molecule has 9 aromatic heterocycles. The van der Waals surface area contributed by atoms with Crippen LogP contribution < -0.4 is 0 Å². The number of rotatable bonds is 13. The van der Waals surface area contributed by atoms with Gasteiger partial charge in [-0.2, -0.15) is 15.8 Å². The minimum absolute atomic E-state index is 0.514. The fourth-order valence-electron chi connectivity index (χ4n) is 20.0. The number of nitriles is 3. The van der Waals surface area contributed by atoms with E-state index in [9.17, 15) is 15.8 Å². The monoisotopic (exact) mass is 1840 g/mol. The van der Waals surface area contributed by atoms with Crippen molar-refractivity contribution >= 4 is 131 Å². The Labute approximate surface area is 822 Å². The maximum atomic E-state index is 9.58. The Balaban J connectivity index is 0.000000110. The van der Waals surface area contributed by atoms with E-state index in [0.717, 1.165) is 204 Å². The molecule has 0 fully saturated rings. The minimum atomic E-state index is 0.514. The number of hydrogen-bond donors (Lipinski definition) is 0. The Hall–Kier alpha value is -20.4. The number of benzene rings is 19. The molecule has 17 nitrogen and oxygen atoms in total. The standard InChI is InChI=1S/C47H28N4O.2C40H23N5O/c48-29-30-10-9-15-35(26-30)42-28-41(32-13-5-2-6-14-32)49-47(50-42)33-18-21-36(22-19-33)51-43-25-20-34(31-11-3-1-4-12-31)27-40(43)38-23-24-39-37-16-7-8-17-44(37)52-46(39)45(38)51;41-24-25-9-8-12-28(23-25)40-43-38(26-10-2-1-3-11-26)42-39(44-40)27-17-19-29(20-18-27)45-34-15-6-4-13-30(34)32-21-22-33-31-14-5-7-16-35(31)46-37(33)36(32)45;41-24-25-14-16-27(17-15-25)39-42-38(26-8-2-1-3-9-26)43-40(44-39)28-18-20-29(21-19-28)45-34-12-6-4-10-30(34)32-22-23-33-31-11-5-7-13-35(31)46-37(33)36(32)45/h1-28H;2*1-23H. The molecule has 0 aliphatic heterocycles. The molecule has 9 heterocycles. The van der Waals surface area contributed by atoms with E-state index in [0.29, 0.717) is 57.5 Å². The van der Waals surface area contributed by atoms with Crippen LogP contribution >= 0.6 is 0 Å². The first kappa shape index (κ1) is 84.1. The average molecular weight is 1840 g/mol. The summed E-state index contributed by atoms with van der Waals surface area (Å²) in [6, 6.07) is 158. The Bertz CT molecular complexity index is 10100. The summed E-state index contributed by atoms with van der Waals surface area (Å²) in [4.78, 5) is 39.2. The second kappa shape index (κ2) is 35.3. The lowest BCUT2D eigenvalue weighted by Crippen LogP contribution is -2.00. The lowest BCUT2D eigenvalue weighted by molar-refractivity contribution is 0.670. The van der Waals surface area contributed by atoms with Crippen molar-refractivity contribution in [2.45, 2.75) is 0 Å². The highest BCUT2D eigenvalue weighted by Crippen LogP contribution is 2.47. The van der Waals surface area contributed by atoms with Gasteiger partial charge in [0.25, 0.3) is 0 Å². The fourth-order valence-corrected chi connectivity index (χ4v) is 20.0. The molecule has 0 unspecified atom stereocenters. The summed E-state index contributed by atoms with van der Waals surface area (Å²) >= 11 is 0. The van der Waals surface area contributed by atoms with Crippen molar-refractivity contribution in [1.29, 1.82) is 15.8 Å². The highest BCUT2D eigenvalue weighted by Gasteiger charge is 2.26. The molecule has 0 N–H and O–H groups in total. The largest absolute Gasteiger partial charge is 0.454 e. The number of hydrogen-bond acceptors (Lipinski definition) is 14. The van der Waals surface area contributed by atoms with Gasteiger partial charge in [-0.1, -0.05) is 261 Å². The van der Waals surface area contributed by atoms with Gasteiger partial charge < -0.3 is 27.0 Å². The van der Waals surface area contributed by atoms with E-state index in [-0.39, 0.29) is 0 Å². The fraction of sp³-hybridized carbons (Fsp3) is 0. The summed E-state index contributed by atoms with van der Waals surface area (Å²) in [5, 5.41) is 41.8. The van der Waals surface area contributed by atoms with E-state index >= 15 is 0 Å². The van der Waals surface area contributed by atoms with E-state index in [1.807, 2.05) is 194 Å². The second-order valence-corrected chi connectivity index (χ2v) is 35.3. The van der Waals surface area contributed by atoms with Gasteiger partial charge in [-0.3, -0.25) is 0 Å². The molecule has 144 heavy (non-hydrogen) atoms. The van der Waals surface area contributed by atoms with Crippen LogP contribution in [0.1, 0.15) is 16.7 Å². The molecular formula is C127H74N14O3. The van der Waals surface area contributed by atoms with Gasteiger partial charge in [-0.15, -0.1) is 0 Å². The van der Waals surface area contributed by atoms with Crippen molar-refractivity contribution < 1.29 is 13.3 Å². The molecule has 28 aromatic rings. The molecule has 0 aliphatic carbocycles. The zero-order valence-corrected chi connectivity index (χ0v) is 76.7. The van der Waals surface area contributed by atoms with Gasteiger partial charge in [0, 0.05) is 132 Å². The molecule has 0 amide bonds. The van der Waals surface area contributed by atoms with Crippen LogP contribution in [0.3, 0.4) is 0 Å². The normalized spacial score (nSPS) is 11.5. The van der Waals surface area contributed by atoms with Crippen LogP contribution in [-0.2, 0) is 0 Å². The van der Waals surface area contributed by atoms with Crippen LogP contribution in [0.2, 0.25) is 0 Å². The number of aromatic nitrogens is 11. The lowest BCUT2D eigenvalue weighted by Gasteiger charge is -2.12. The Morgan fingerprint density at radius 3 is 0.861 bits per heavy atom. The first-order chi connectivity index (χ1) is 71.2. The zero-order valence-electron chi connectivity index (χ0n) is 76.7. The van der Waals surface area contributed by atoms with Crippen LogP contribution in [0.4, 0.5) is 0 Å². The zero-order chi connectivity index (χ0) is 95.8. The SMILES string of the molecule is N#Cc1ccc(-c2nc(-c3ccccc3)nc(-c3ccc(-n4c5ccccc5c5ccc6c7ccccc7oc6c54)cc3)n2)cc1.N#Cc1cccc(-c2cc(-c3ccccc3)nc(-c3ccc(-n4c5ccc(-c6ccccc6)cc5c5ccc6c7ccccc7oc6c54)cc3)n2)c1.N#Cc1cccc(-c2nc(-c3ccccc3)nc(-c3ccc(-n4c5ccccc5c5ccc6c7ccccc7oc6c54)cc3)n2)c1. The highest BCUT2D eigenvalue weighted by atomic mass is 16.3. The highest BCUT2D eigenvalue weighted by molar-refractivity contribution is 6.25. The molecule has 670 valence electrons.